The fourth-order valence-corrected chi connectivity index (χ4v) is 6.61. The first-order chi connectivity index (χ1) is 30.0. The van der Waals surface area contributed by atoms with Crippen LogP contribution in [0.4, 0.5) is 0 Å². The molecule has 9 nitrogen and oxygen atoms in total. The smallest absolute Gasteiger partial charge is 0.187 e. The Morgan fingerprint density at radius 1 is 0.492 bits per heavy atom. The highest BCUT2D eigenvalue weighted by atomic mass is 16.7. The van der Waals surface area contributed by atoms with Crippen LogP contribution in [-0.4, -0.2) is 95.5 Å². The van der Waals surface area contributed by atoms with Gasteiger partial charge in [0.2, 0.25) is 0 Å². The second-order valence-corrected chi connectivity index (χ2v) is 20.0. The van der Waals surface area contributed by atoms with Crippen LogP contribution in [0.5, 0.6) is 0 Å². The van der Waals surface area contributed by atoms with Crippen molar-refractivity contribution in [2.75, 3.05) is 6.61 Å². The monoisotopic (exact) mass is 903 g/mol. The molecule has 0 bridgehead atoms. The van der Waals surface area contributed by atoms with Gasteiger partial charge in [-0.1, -0.05) is 155 Å². The van der Waals surface area contributed by atoms with E-state index < -0.39 is 59.7 Å². The van der Waals surface area contributed by atoms with Crippen LogP contribution in [0.3, 0.4) is 0 Å². The van der Waals surface area contributed by atoms with E-state index in [9.17, 15) is 35.7 Å². The van der Waals surface area contributed by atoms with Crippen molar-refractivity contribution >= 4 is 0 Å². The molecule has 364 valence electrons. The Bertz CT molecular complexity index is 1850. The number of allylic oxidation sites excluding steroid dienone is 24. The van der Waals surface area contributed by atoms with Crippen LogP contribution in [0.15, 0.2) is 155 Å². The molecule has 0 saturated carbocycles. The van der Waals surface area contributed by atoms with Gasteiger partial charge in [0, 0.05) is 11.8 Å². The quantitative estimate of drug-likeness (QED) is 0.0443. The lowest BCUT2D eigenvalue weighted by Crippen LogP contribution is -2.60. The summed E-state index contributed by atoms with van der Waals surface area (Å²) in [5.74, 6) is -0.261. The second kappa shape index (κ2) is 28.4. The van der Waals surface area contributed by atoms with E-state index in [0.29, 0.717) is 25.7 Å². The summed E-state index contributed by atoms with van der Waals surface area (Å²) in [5.41, 5.74) is 3.14. The fourth-order valence-electron chi connectivity index (χ4n) is 6.61. The number of rotatable bonds is 25. The van der Waals surface area contributed by atoms with Crippen LogP contribution in [0.25, 0.3) is 0 Å². The van der Waals surface area contributed by atoms with Crippen molar-refractivity contribution < 1.29 is 45.2 Å². The summed E-state index contributed by atoms with van der Waals surface area (Å²) in [6.07, 6.45) is 36.5. The van der Waals surface area contributed by atoms with E-state index in [2.05, 4.69) is 63.3 Å². The highest BCUT2D eigenvalue weighted by molar-refractivity contribution is 5.34. The SMILES string of the molecule is CC(/C=C/C=C(C)/C=C/C=C(C)/C=C/[C@H](CCC(C)(C)O)C(C)(C)O)=C\C=C\C=C(C)\C=C\C=C(C)\C=C\C=C(C)\C=C\[C@H](CCC(C)(C)O[C@@H]1O[C@H](CO)[C@@H](O)[C@H](O)[C@H]1O)C(C)(C)O. The molecule has 1 fully saturated rings. The molecular weight excluding hydrogens is 817 g/mol. The van der Waals surface area contributed by atoms with Crippen LogP contribution in [-0.2, 0) is 9.47 Å². The number of hydrogen-bond acceptors (Lipinski definition) is 9. The summed E-state index contributed by atoms with van der Waals surface area (Å²) >= 11 is 0. The molecule has 1 aliphatic rings. The van der Waals surface area contributed by atoms with E-state index in [0.717, 1.165) is 33.4 Å². The molecule has 0 aromatic carbocycles. The van der Waals surface area contributed by atoms with Crippen molar-refractivity contribution in [3.05, 3.63) is 155 Å². The maximum Gasteiger partial charge on any atom is 0.187 e. The van der Waals surface area contributed by atoms with Crippen LogP contribution < -0.4 is 0 Å². The summed E-state index contributed by atoms with van der Waals surface area (Å²) in [4.78, 5) is 0. The van der Waals surface area contributed by atoms with Gasteiger partial charge in [-0.2, -0.15) is 0 Å². The predicted octanol–water partition coefficient (Wildman–Crippen LogP) is 10.3. The summed E-state index contributed by atoms with van der Waals surface area (Å²) in [6, 6.07) is 0. The summed E-state index contributed by atoms with van der Waals surface area (Å²) in [5, 5.41) is 71.8. The van der Waals surface area contributed by atoms with Gasteiger partial charge in [-0.05, 0) is 123 Å². The van der Waals surface area contributed by atoms with Crippen LogP contribution >= 0.6 is 0 Å². The molecule has 65 heavy (non-hydrogen) atoms. The van der Waals surface area contributed by atoms with Gasteiger partial charge in [0.1, 0.15) is 24.4 Å². The van der Waals surface area contributed by atoms with Gasteiger partial charge in [-0.25, -0.2) is 0 Å². The largest absolute Gasteiger partial charge is 0.394 e. The molecule has 0 spiro atoms. The Kier molecular flexibility index (Phi) is 25.9. The lowest BCUT2D eigenvalue weighted by atomic mass is 9.83. The predicted molar refractivity (Wildman–Crippen MR) is 270 cm³/mol. The van der Waals surface area contributed by atoms with Crippen molar-refractivity contribution in [3.63, 3.8) is 0 Å². The zero-order valence-corrected chi connectivity index (χ0v) is 42.1. The molecule has 1 saturated heterocycles. The van der Waals surface area contributed by atoms with Crippen molar-refractivity contribution in [2.24, 2.45) is 11.8 Å². The third-order valence-electron chi connectivity index (χ3n) is 11.1. The standard InChI is InChI=1S/C56H86O9/c1-40(23-17-25-42(3)27-19-29-44(5)31-33-46(55(11,12)62)35-37-53(7,8)61)21-15-16-22-41(2)24-18-26-43(4)28-20-30-45(6)32-34-47(56(13,14)63)36-38-54(9,10)65-52-51(60)50(59)49(58)48(39-57)64-52/h15-34,46-52,57-63H,35-39H2,1-14H3/b16-15+,23-17+,24-18+,27-19+,28-20+,33-31+,34-32+,40-21+,41-22+,42-25+,43-26+,44-29+,45-30+/t46-,47-,48-,49-,50+,51-,52+/m1/s1. The van der Waals surface area contributed by atoms with Gasteiger partial charge in [0.05, 0.1) is 29.0 Å². The van der Waals surface area contributed by atoms with Gasteiger partial charge < -0.3 is 45.2 Å². The Balaban J connectivity index is 2.72. The highest BCUT2D eigenvalue weighted by Gasteiger charge is 2.46. The third kappa shape index (κ3) is 26.3. The fraction of sp³-hybridized carbons (Fsp3) is 0.536. The molecular formula is C56H86O9. The van der Waals surface area contributed by atoms with Crippen LogP contribution in [0.2, 0.25) is 0 Å². The second-order valence-electron chi connectivity index (χ2n) is 20.0. The molecule has 7 N–H and O–H groups in total. The van der Waals surface area contributed by atoms with E-state index in [-0.39, 0.29) is 11.8 Å². The molecule has 7 atom stereocenters. The molecule has 9 heteroatoms. The molecule has 0 radical (unpaired) electrons. The number of ether oxygens (including phenoxy) is 2. The Morgan fingerprint density at radius 2 is 0.831 bits per heavy atom. The van der Waals surface area contributed by atoms with Gasteiger partial charge >= 0.3 is 0 Å². The van der Waals surface area contributed by atoms with E-state index in [1.165, 1.54) is 0 Å². The first kappa shape index (κ1) is 59.3. The number of aliphatic hydroxyl groups excluding tert-OH is 4. The van der Waals surface area contributed by atoms with Crippen LogP contribution in [0.1, 0.15) is 123 Å². The van der Waals surface area contributed by atoms with E-state index >= 15 is 0 Å². The summed E-state index contributed by atoms with van der Waals surface area (Å²) < 4.78 is 11.5. The molecule has 1 heterocycles. The van der Waals surface area contributed by atoms with Gasteiger partial charge in [0.15, 0.2) is 6.29 Å². The zero-order chi connectivity index (χ0) is 49.6. The van der Waals surface area contributed by atoms with E-state index in [1.807, 2.05) is 127 Å². The van der Waals surface area contributed by atoms with E-state index in [4.69, 9.17) is 9.47 Å². The van der Waals surface area contributed by atoms with Crippen molar-refractivity contribution in [1.82, 2.24) is 0 Å². The Hall–Kier alpha value is -3.74. The lowest BCUT2D eigenvalue weighted by molar-refractivity contribution is -0.323. The molecule has 0 aromatic heterocycles. The molecule has 0 unspecified atom stereocenters. The van der Waals surface area contributed by atoms with Gasteiger partial charge in [-0.3, -0.25) is 0 Å². The van der Waals surface area contributed by atoms with Gasteiger partial charge in [-0.15, -0.1) is 0 Å². The average Bonchev–Trinajstić information content (AvgIpc) is 3.18. The summed E-state index contributed by atoms with van der Waals surface area (Å²) in [6.45, 7) is 26.2. The first-order valence-electron chi connectivity index (χ1n) is 23.0. The maximum atomic E-state index is 10.9. The molecule has 0 amide bonds. The maximum absolute atomic E-state index is 10.9. The van der Waals surface area contributed by atoms with Crippen molar-refractivity contribution in [3.8, 4) is 0 Å². The third-order valence-corrected chi connectivity index (χ3v) is 11.1. The number of aliphatic hydroxyl groups is 7. The number of hydrogen-bond donors (Lipinski definition) is 7. The lowest BCUT2D eigenvalue weighted by Gasteiger charge is -2.43. The van der Waals surface area contributed by atoms with E-state index in [1.54, 1.807) is 27.7 Å². The minimum Gasteiger partial charge on any atom is -0.394 e. The minimum absolute atomic E-state index is 0.0522. The van der Waals surface area contributed by atoms with Crippen molar-refractivity contribution in [1.29, 1.82) is 0 Å². The van der Waals surface area contributed by atoms with Gasteiger partial charge in [0.25, 0.3) is 0 Å². The molecule has 1 aliphatic heterocycles. The molecule has 1 rings (SSSR count). The van der Waals surface area contributed by atoms with Crippen LogP contribution in [0, 0.1) is 11.8 Å². The zero-order valence-electron chi connectivity index (χ0n) is 42.1. The molecule has 0 aliphatic carbocycles. The minimum atomic E-state index is -1.51. The first-order valence-corrected chi connectivity index (χ1v) is 23.0. The normalized spacial score (nSPS) is 23.6. The Morgan fingerprint density at radius 3 is 1.17 bits per heavy atom. The highest BCUT2D eigenvalue weighted by Crippen LogP contribution is 2.32. The summed E-state index contributed by atoms with van der Waals surface area (Å²) in [7, 11) is 0. The molecule has 0 aromatic rings. The average molecular weight is 903 g/mol. The topological polar surface area (TPSA) is 160 Å². The van der Waals surface area contributed by atoms with Crippen molar-refractivity contribution in [2.45, 2.75) is 176 Å². The Labute approximate surface area is 393 Å².